The van der Waals surface area contributed by atoms with Crippen molar-refractivity contribution < 1.29 is 14.4 Å². The molecule has 6 nitrogen and oxygen atoms in total. The molecule has 2 N–H and O–H groups in total. The third kappa shape index (κ3) is 3.35. The van der Waals surface area contributed by atoms with E-state index in [1.54, 1.807) is 30.3 Å². The third-order valence-electron chi connectivity index (χ3n) is 3.10. The number of nitrogens with one attached hydrogen (secondary N) is 2. The molecular formula is C15H17N3O3. The molecule has 0 radical (unpaired) electrons. The standard InChI is InChI=1S/C15H17N3O3/c1-3-8-16-13-9-14(20)18(15(13)21)12-6-4-11(5-7-12)17-10(2)19/h3-7,13,16H,1,8-9H2,2H3,(H,17,19). The van der Waals surface area contributed by atoms with E-state index in [-0.39, 0.29) is 24.1 Å². The van der Waals surface area contributed by atoms with Crippen molar-refractivity contribution in [2.45, 2.75) is 19.4 Å². The van der Waals surface area contributed by atoms with Gasteiger partial charge in [-0.15, -0.1) is 6.58 Å². The van der Waals surface area contributed by atoms with E-state index in [1.807, 2.05) is 0 Å². The van der Waals surface area contributed by atoms with Crippen LogP contribution in [0.1, 0.15) is 13.3 Å². The number of benzene rings is 1. The Kier molecular flexibility index (Phi) is 4.49. The Labute approximate surface area is 122 Å². The molecule has 0 saturated carbocycles. The normalized spacial score (nSPS) is 18.0. The SMILES string of the molecule is C=CCNC1CC(=O)N(c2ccc(NC(C)=O)cc2)C1=O. The molecular weight excluding hydrogens is 270 g/mol. The van der Waals surface area contributed by atoms with Crippen LogP contribution in [0, 0.1) is 0 Å². The van der Waals surface area contributed by atoms with Crippen molar-refractivity contribution in [2.75, 3.05) is 16.8 Å². The predicted molar refractivity (Wildman–Crippen MR) is 79.8 cm³/mol. The molecule has 0 aromatic heterocycles. The molecule has 0 spiro atoms. The van der Waals surface area contributed by atoms with Crippen LogP contribution in [0.15, 0.2) is 36.9 Å². The maximum Gasteiger partial charge on any atom is 0.251 e. The molecule has 3 amide bonds. The molecule has 0 aliphatic carbocycles. The van der Waals surface area contributed by atoms with Gasteiger partial charge >= 0.3 is 0 Å². The van der Waals surface area contributed by atoms with Crippen molar-refractivity contribution in [1.82, 2.24) is 5.32 Å². The van der Waals surface area contributed by atoms with Crippen LogP contribution in [0.25, 0.3) is 0 Å². The van der Waals surface area contributed by atoms with E-state index in [0.717, 1.165) is 4.90 Å². The van der Waals surface area contributed by atoms with E-state index in [1.165, 1.54) is 6.92 Å². The summed E-state index contributed by atoms with van der Waals surface area (Å²) in [5, 5.41) is 5.59. The average Bonchev–Trinajstić information content (AvgIpc) is 2.72. The molecule has 2 rings (SSSR count). The zero-order chi connectivity index (χ0) is 15.4. The van der Waals surface area contributed by atoms with Crippen LogP contribution in [0.3, 0.4) is 0 Å². The van der Waals surface area contributed by atoms with Gasteiger partial charge < -0.3 is 10.6 Å². The van der Waals surface area contributed by atoms with E-state index < -0.39 is 6.04 Å². The van der Waals surface area contributed by atoms with E-state index >= 15 is 0 Å². The topological polar surface area (TPSA) is 78.5 Å². The second-order valence-corrected chi connectivity index (χ2v) is 4.75. The first-order chi connectivity index (χ1) is 10.0. The second kappa shape index (κ2) is 6.32. The Morgan fingerprint density at radius 1 is 1.38 bits per heavy atom. The van der Waals surface area contributed by atoms with E-state index in [9.17, 15) is 14.4 Å². The molecule has 1 aliphatic heterocycles. The highest BCUT2D eigenvalue weighted by Crippen LogP contribution is 2.24. The summed E-state index contributed by atoms with van der Waals surface area (Å²) in [5.41, 5.74) is 1.12. The highest BCUT2D eigenvalue weighted by atomic mass is 16.2. The lowest BCUT2D eigenvalue weighted by Gasteiger charge is -2.15. The van der Waals surface area contributed by atoms with Crippen LogP contribution in [0.5, 0.6) is 0 Å². The fraction of sp³-hybridized carbons (Fsp3) is 0.267. The maximum atomic E-state index is 12.2. The predicted octanol–water partition coefficient (Wildman–Crippen LogP) is 1.05. The molecule has 1 aromatic rings. The van der Waals surface area contributed by atoms with Crippen molar-refractivity contribution in [2.24, 2.45) is 0 Å². The van der Waals surface area contributed by atoms with Gasteiger partial charge in [-0.1, -0.05) is 6.08 Å². The highest BCUT2D eigenvalue weighted by Gasteiger charge is 2.38. The van der Waals surface area contributed by atoms with Crippen molar-refractivity contribution >= 4 is 29.1 Å². The summed E-state index contributed by atoms with van der Waals surface area (Å²) in [4.78, 5) is 36.3. The summed E-state index contributed by atoms with van der Waals surface area (Å²) in [5.74, 6) is -0.687. The molecule has 1 unspecified atom stereocenters. The van der Waals surface area contributed by atoms with Crippen LogP contribution >= 0.6 is 0 Å². The number of amides is 3. The second-order valence-electron chi connectivity index (χ2n) is 4.75. The number of anilines is 2. The Morgan fingerprint density at radius 3 is 2.62 bits per heavy atom. The number of hydrogen-bond acceptors (Lipinski definition) is 4. The number of carbonyl (C=O) groups is 3. The zero-order valence-corrected chi connectivity index (χ0v) is 11.8. The Balaban J connectivity index is 2.13. The van der Waals surface area contributed by atoms with E-state index in [0.29, 0.717) is 17.9 Å². The summed E-state index contributed by atoms with van der Waals surface area (Å²) in [6, 6.07) is 6.07. The van der Waals surface area contributed by atoms with Crippen molar-refractivity contribution in [3.8, 4) is 0 Å². The average molecular weight is 287 g/mol. The molecule has 1 saturated heterocycles. The van der Waals surface area contributed by atoms with Crippen molar-refractivity contribution in [1.29, 1.82) is 0 Å². The molecule has 0 bridgehead atoms. The first-order valence-electron chi connectivity index (χ1n) is 6.61. The maximum absolute atomic E-state index is 12.2. The Hall–Kier alpha value is -2.47. The lowest BCUT2D eigenvalue weighted by Crippen LogP contribution is -2.38. The third-order valence-corrected chi connectivity index (χ3v) is 3.10. The lowest BCUT2D eigenvalue weighted by molar-refractivity contribution is -0.121. The van der Waals surface area contributed by atoms with Gasteiger partial charge in [-0.25, -0.2) is 4.90 Å². The molecule has 6 heteroatoms. The van der Waals surface area contributed by atoms with Crippen molar-refractivity contribution in [3.05, 3.63) is 36.9 Å². The van der Waals surface area contributed by atoms with Gasteiger partial charge in [-0.3, -0.25) is 14.4 Å². The van der Waals surface area contributed by atoms with Crippen LogP contribution in [0.2, 0.25) is 0 Å². The van der Waals surface area contributed by atoms with Crippen LogP contribution in [-0.2, 0) is 14.4 Å². The number of rotatable bonds is 5. The number of carbonyl (C=O) groups excluding carboxylic acids is 3. The van der Waals surface area contributed by atoms with E-state index in [4.69, 9.17) is 0 Å². The molecule has 21 heavy (non-hydrogen) atoms. The molecule has 1 fully saturated rings. The van der Waals surface area contributed by atoms with Gasteiger partial charge in [0.05, 0.1) is 18.2 Å². The number of nitrogens with zero attached hydrogens (tertiary/aromatic N) is 1. The zero-order valence-electron chi connectivity index (χ0n) is 11.8. The smallest absolute Gasteiger partial charge is 0.251 e. The minimum atomic E-state index is -0.509. The van der Waals surface area contributed by atoms with Crippen LogP contribution in [0.4, 0.5) is 11.4 Å². The quantitative estimate of drug-likeness (QED) is 0.627. The van der Waals surface area contributed by atoms with Crippen LogP contribution < -0.4 is 15.5 Å². The van der Waals surface area contributed by atoms with Crippen LogP contribution in [-0.4, -0.2) is 30.3 Å². The minimum Gasteiger partial charge on any atom is -0.326 e. The summed E-state index contributed by atoms with van der Waals surface area (Å²) < 4.78 is 0. The molecule has 1 atom stereocenters. The molecule has 1 aromatic carbocycles. The molecule has 1 heterocycles. The fourth-order valence-electron chi connectivity index (χ4n) is 2.19. The lowest BCUT2D eigenvalue weighted by atomic mass is 10.2. The summed E-state index contributed by atoms with van der Waals surface area (Å²) in [7, 11) is 0. The van der Waals surface area contributed by atoms with Crippen molar-refractivity contribution in [3.63, 3.8) is 0 Å². The first kappa shape index (κ1) is 14.9. The van der Waals surface area contributed by atoms with Gasteiger partial charge in [-0.05, 0) is 24.3 Å². The summed E-state index contributed by atoms with van der Waals surface area (Å²) in [6.07, 6.45) is 1.78. The largest absolute Gasteiger partial charge is 0.326 e. The molecule has 1 aliphatic rings. The minimum absolute atomic E-state index is 0.139. The fourth-order valence-corrected chi connectivity index (χ4v) is 2.19. The monoisotopic (exact) mass is 287 g/mol. The summed E-state index contributed by atoms with van der Waals surface area (Å²) in [6.45, 7) is 5.45. The van der Waals surface area contributed by atoms with Gasteiger partial charge in [0.1, 0.15) is 0 Å². The van der Waals surface area contributed by atoms with Gasteiger partial charge in [0.25, 0.3) is 5.91 Å². The highest BCUT2D eigenvalue weighted by molar-refractivity contribution is 6.22. The van der Waals surface area contributed by atoms with Gasteiger partial charge in [0, 0.05) is 19.2 Å². The Morgan fingerprint density at radius 2 is 2.05 bits per heavy atom. The first-order valence-corrected chi connectivity index (χ1v) is 6.61. The Bertz CT molecular complexity index is 580. The van der Waals surface area contributed by atoms with Gasteiger partial charge in [0.2, 0.25) is 11.8 Å². The molecule has 110 valence electrons. The van der Waals surface area contributed by atoms with Gasteiger partial charge in [-0.2, -0.15) is 0 Å². The van der Waals surface area contributed by atoms with E-state index in [2.05, 4.69) is 17.2 Å². The summed E-state index contributed by atoms with van der Waals surface area (Å²) >= 11 is 0. The number of hydrogen-bond donors (Lipinski definition) is 2. The number of imide groups is 1. The van der Waals surface area contributed by atoms with Gasteiger partial charge in [0.15, 0.2) is 0 Å².